The highest BCUT2D eigenvalue weighted by Crippen LogP contribution is 2.14. The van der Waals surface area contributed by atoms with E-state index in [-0.39, 0.29) is 0 Å². The van der Waals surface area contributed by atoms with Crippen LogP contribution in [0.25, 0.3) is 0 Å². The molecule has 0 fully saturated rings. The van der Waals surface area contributed by atoms with Crippen LogP contribution < -0.4 is 10.6 Å². The number of rotatable bonds is 3. The van der Waals surface area contributed by atoms with Gasteiger partial charge in [0, 0.05) is 25.2 Å². The molecule has 16 heavy (non-hydrogen) atoms. The minimum absolute atomic E-state index is 0.602. The molecule has 2 rings (SSSR count). The molecular weight excluding hydrogens is 196 g/mol. The van der Waals surface area contributed by atoms with Crippen molar-refractivity contribution in [2.24, 2.45) is 5.92 Å². The zero-order chi connectivity index (χ0) is 11.4. The molecule has 0 saturated heterocycles. The van der Waals surface area contributed by atoms with Gasteiger partial charge in [0.2, 0.25) is 0 Å². The van der Waals surface area contributed by atoms with Gasteiger partial charge in [-0.15, -0.1) is 0 Å². The highest BCUT2D eigenvalue weighted by Gasteiger charge is 2.15. The van der Waals surface area contributed by atoms with Crippen LogP contribution in [0.1, 0.15) is 33.1 Å². The summed E-state index contributed by atoms with van der Waals surface area (Å²) in [5.74, 6) is 0.703. The van der Waals surface area contributed by atoms with Crippen molar-refractivity contribution in [1.29, 1.82) is 0 Å². The van der Waals surface area contributed by atoms with Gasteiger partial charge >= 0.3 is 0 Å². The van der Waals surface area contributed by atoms with Crippen LogP contribution in [0.5, 0.6) is 0 Å². The summed E-state index contributed by atoms with van der Waals surface area (Å²) in [4.78, 5) is 0. The Bertz CT molecular complexity index is 280. The molecule has 2 nitrogen and oxygen atoms in total. The molecule has 0 aromatic heterocycles. The summed E-state index contributed by atoms with van der Waals surface area (Å²) in [5, 5.41) is 7.18. The quantitative estimate of drug-likeness (QED) is 0.713. The van der Waals surface area contributed by atoms with Crippen molar-refractivity contribution >= 4 is 0 Å². The molecule has 0 aliphatic carbocycles. The first-order chi connectivity index (χ1) is 7.74. The molecule has 3 unspecified atom stereocenters. The number of hydrogen-bond donors (Lipinski definition) is 2. The highest BCUT2D eigenvalue weighted by atomic mass is 14.9. The van der Waals surface area contributed by atoms with E-state index in [2.05, 4.69) is 42.7 Å². The minimum Gasteiger partial charge on any atom is -0.310 e. The zero-order valence-corrected chi connectivity index (χ0v) is 10.5. The lowest BCUT2D eigenvalue weighted by atomic mass is 9.96. The molecule has 0 radical (unpaired) electrons. The lowest BCUT2D eigenvalue weighted by molar-refractivity contribution is 0.419. The summed E-state index contributed by atoms with van der Waals surface area (Å²) in [5.41, 5.74) is 1.49. The SMILES string of the molecule is CC1=CCC(CCC2C=CC(C)CN2)NC1. The van der Waals surface area contributed by atoms with Gasteiger partial charge in [0.1, 0.15) is 0 Å². The average Bonchev–Trinajstić information content (AvgIpc) is 2.30. The summed E-state index contributed by atoms with van der Waals surface area (Å²) in [6.07, 6.45) is 10.8. The number of nitrogens with one attached hydrogen (secondary N) is 2. The van der Waals surface area contributed by atoms with Gasteiger partial charge in [0.05, 0.1) is 0 Å². The monoisotopic (exact) mass is 220 g/mol. The van der Waals surface area contributed by atoms with Gasteiger partial charge < -0.3 is 10.6 Å². The molecule has 2 heterocycles. The van der Waals surface area contributed by atoms with E-state index in [1.165, 1.54) is 24.8 Å². The first-order valence-corrected chi connectivity index (χ1v) is 6.55. The third-order valence-corrected chi connectivity index (χ3v) is 3.62. The molecule has 0 bridgehead atoms. The Hall–Kier alpha value is -0.600. The van der Waals surface area contributed by atoms with E-state index >= 15 is 0 Å². The normalized spacial score (nSPS) is 34.9. The average molecular weight is 220 g/mol. The maximum absolute atomic E-state index is 3.60. The van der Waals surface area contributed by atoms with E-state index in [1.54, 1.807) is 0 Å². The fourth-order valence-corrected chi connectivity index (χ4v) is 2.40. The first kappa shape index (κ1) is 11.9. The maximum Gasteiger partial charge on any atom is 0.0250 e. The van der Waals surface area contributed by atoms with E-state index < -0.39 is 0 Å². The maximum atomic E-state index is 3.60. The van der Waals surface area contributed by atoms with Gasteiger partial charge in [-0.1, -0.05) is 30.7 Å². The Morgan fingerprint density at radius 1 is 1.25 bits per heavy atom. The van der Waals surface area contributed by atoms with E-state index in [0.717, 1.165) is 13.1 Å². The first-order valence-electron chi connectivity index (χ1n) is 6.55. The van der Waals surface area contributed by atoms with Crippen LogP contribution in [0.15, 0.2) is 23.8 Å². The topological polar surface area (TPSA) is 24.1 Å². The van der Waals surface area contributed by atoms with Crippen LogP contribution in [-0.4, -0.2) is 25.2 Å². The summed E-state index contributed by atoms with van der Waals surface area (Å²) >= 11 is 0. The molecule has 2 N–H and O–H groups in total. The van der Waals surface area contributed by atoms with Crippen molar-refractivity contribution in [1.82, 2.24) is 10.6 Å². The van der Waals surface area contributed by atoms with Crippen molar-refractivity contribution in [3.63, 3.8) is 0 Å². The van der Waals surface area contributed by atoms with Gasteiger partial charge in [0.15, 0.2) is 0 Å². The fourth-order valence-electron chi connectivity index (χ4n) is 2.40. The van der Waals surface area contributed by atoms with E-state index in [1.807, 2.05) is 0 Å². The van der Waals surface area contributed by atoms with Crippen LogP contribution in [0.4, 0.5) is 0 Å². The molecule has 2 aliphatic rings. The van der Waals surface area contributed by atoms with Gasteiger partial charge in [0.25, 0.3) is 0 Å². The second-order valence-electron chi connectivity index (χ2n) is 5.32. The molecule has 2 heteroatoms. The second kappa shape index (κ2) is 5.65. The summed E-state index contributed by atoms with van der Waals surface area (Å²) < 4.78 is 0. The molecule has 0 aromatic carbocycles. The molecule has 0 aromatic rings. The Morgan fingerprint density at radius 3 is 2.75 bits per heavy atom. The lowest BCUT2D eigenvalue weighted by Gasteiger charge is -2.26. The fraction of sp³-hybridized carbons (Fsp3) is 0.714. The van der Waals surface area contributed by atoms with Crippen molar-refractivity contribution in [3.05, 3.63) is 23.8 Å². The van der Waals surface area contributed by atoms with Crippen molar-refractivity contribution in [2.45, 2.75) is 45.2 Å². The summed E-state index contributed by atoms with van der Waals surface area (Å²) in [6, 6.07) is 1.29. The third kappa shape index (κ3) is 3.46. The van der Waals surface area contributed by atoms with E-state index in [9.17, 15) is 0 Å². The van der Waals surface area contributed by atoms with Crippen LogP contribution in [0.3, 0.4) is 0 Å². The second-order valence-corrected chi connectivity index (χ2v) is 5.32. The largest absolute Gasteiger partial charge is 0.310 e. The molecule has 0 saturated carbocycles. The summed E-state index contributed by atoms with van der Waals surface area (Å²) in [6.45, 7) is 6.68. The van der Waals surface area contributed by atoms with Crippen LogP contribution >= 0.6 is 0 Å². The Kier molecular flexibility index (Phi) is 4.19. The molecule has 0 amide bonds. The van der Waals surface area contributed by atoms with Gasteiger partial charge in [-0.05, 0) is 32.1 Å². The standard InChI is InChI=1S/C14H24N2/c1-11-3-5-13(15-9-11)7-8-14-6-4-12(2)10-16-14/h3-5,11,13-16H,6-10H2,1-2H3. The smallest absolute Gasteiger partial charge is 0.0250 e. The van der Waals surface area contributed by atoms with Crippen LogP contribution in [0, 0.1) is 5.92 Å². The minimum atomic E-state index is 0.602. The molecule has 2 aliphatic heterocycles. The number of hydrogen-bond acceptors (Lipinski definition) is 2. The van der Waals surface area contributed by atoms with Crippen molar-refractivity contribution in [3.8, 4) is 0 Å². The Balaban J connectivity index is 1.70. The van der Waals surface area contributed by atoms with Gasteiger partial charge in [-0.2, -0.15) is 0 Å². The third-order valence-electron chi connectivity index (χ3n) is 3.62. The van der Waals surface area contributed by atoms with Crippen LogP contribution in [-0.2, 0) is 0 Å². The predicted molar refractivity (Wildman–Crippen MR) is 69.5 cm³/mol. The lowest BCUT2D eigenvalue weighted by Crippen LogP contribution is -2.38. The van der Waals surface area contributed by atoms with Gasteiger partial charge in [-0.3, -0.25) is 0 Å². The molecule has 0 spiro atoms. The molecule has 90 valence electrons. The predicted octanol–water partition coefficient (Wildman–Crippen LogP) is 2.24. The summed E-state index contributed by atoms with van der Waals surface area (Å²) in [7, 11) is 0. The van der Waals surface area contributed by atoms with Gasteiger partial charge in [-0.25, -0.2) is 0 Å². The van der Waals surface area contributed by atoms with E-state index in [0.29, 0.717) is 18.0 Å². The Labute approximate surface area is 99.2 Å². The zero-order valence-electron chi connectivity index (χ0n) is 10.5. The molecule has 3 atom stereocenters. The van der Waals surface area contributed by atoms with Crippen molar-refractivity contribution in [2.75, 3.05) is 13.1 Å². The van der Waals surface area contributed by atoms with Crippen LogP contribution in [0.2, 0.25) is 0 Å². The van der Waals surface area contributed by atoms with E-state index in [4.69, 9.17) is 0 Å². The highest BCUT2D eigenvalue weighted by molar-refractivity contribution is 5.07. The van der Waals surface area contributed by atoms with Crippen molar-refractivity contribution < 1.29 is 0 Å². The molecular formula is C14H24N2. The Morgan fingerprint density at radius 2 is 2.12 bits per heavy atom.